The number of benzene rings is 1. The third kappa shape index (κ3) is 4.13. The Morgan fingerprint density at radius 3 is 2.40 bits per heavy atom. The van der Waals surface area contributed by atoms with E-state index in [4.69, 9.17) is 23.2 Å². The van der Waals surface area contributed by atoms with Crippen LogP contribution in [0.15, 0.2) is 18.2 Å². The SMILES string of the molecule is CNC(Cc1ccc(Cl)c(Cl)c1)C1CCC(C)(C)CC1. The molecule has 112 valence electrons. The molecule has 0 spiro atoms. The molecule has 1 aliphatic carbocycles. The Hall–Kier alpha value is -0.240. The third-order valence-corrected chi connectivity index (χ3v) is 5.50. The molecule has 0 bridgehead atoms. The molecule has 2 rings (SSSR count). The first-order valence-electron chi connectivity index (χ1n) is 7.52. The topological polar surface area (TPSA) is 12.0 Å². The summed E-state index contributed by atoms with van der Waals surface area (Å²) < 4.78 is 0. The summed E-state index contributed by atoms with van der Waals surface area (Å²) in [5.41, 5.74) is 1.79. The van der Waals surface area contributed by atoms with Crippen LogP contribution in [0.5, 0.6) is 0 Å². The molecule has 0 aromatic heterocycles. The van der Waals surface area contributed by atoms with Gasteiger partial charge < -0.3 is 5.32 Å². The fourth-order valence-electron chi connectivity index (χ4n) is 3.25. The van der Waals surface area contributed by atoms with Crippen molar-refractivity contribution in [1.29, 1.82) is 0 Å². The highest BCUT2D eigenvalue weighted by atomic mass is 35.5. The van der Waals surface area contributed by atoms with E-state index in [1.165, 1.54) is 31.2 Å². The molecule has 1 fully saturated rings. The van der Waals surface area contributed by atoms with Crippen molar-refractivity contribution in [3.05, 3.63) is 33.8 Å². The van der Waals surface area contributed by atoms with Crippen molar-refractivity contribution in [1.82, 2.24) is 5.32 Å². The Balaban J connectivity index is 2.00. The first kappa shape index (κ1) is 16.1. The zero-order valence-electron chi connectivity index (χ0n) is 12.7. The maximum absolute atomic E-state index is 6.11. The fourth-order valence-corrected chi connectivity index (χ4v) is 3.57. The van der Waals surface area contributed by atoms with Gasteiger partial charge in [0.25, 0.3) is 0 Å². The Morgan fingerprint density at radius 2 is 1.85 bits per heavy atom. The largest absolute Gasteiger partial charge is 0.316 e. The minimum Gasteiger partial charge on any atom is -0.316 e. The predicted molar refractivity (Wildman–Crippen MR) is 88.8 cm³/mol. The number of likely N-dealkylation sites (N-methyl/N-ethyl adjacent to an activating group) is 1. The average molecular weight is 314 g/mol. The number of hydrogen-bond donors (Lipinski definition) is 1. The van der Waals surface area contributed by atoms with Crippen molar-refractivity contribution in [2.24, 2.45) is 11.3 Å². The van der Waals surface area contributed by atoms with Crippen LogP contribution in [0.3, 0.4) is 0 Å². The van der Waals surface area contributed by atoms with E-state index in [1.807, 2.05) is 12.1 Å². The average Bonchev–Trinajstić information content (AvgIpc) is 2.40. The Kier molecular flexibility index (Phi) is 5.39. The first-order chi connectivity index (χ1) is 9.41. The van der Waals surface area contributed by atoms with E-state index >= 15 is 0 Å². The van der Waals surface area contributed by atoms with E-state index < -0.39 is 0 Å². The van der Waals surface area contributed by atoms with Gasteiger partial charge in [0.1, 0.15) is 0 Å². The lowest BCUT2D eigenvalue weighted by Gasteiger charge is -2.38. The lowest BCUT2D eigenvalue weighted by Crippen LogP contribution is -2.38. The molecule has 0 aliphatic heterocycles. The molecule has 1 aromatic carbocycles. The maximum atomic E-state index is 6.11. The van der Waals surface area contributed by atoms with Crippen molar-refractivity contribution < 1.29 is 0 Å². The van der Waals surface area contributed by atoms with E-state index in [0.29, 0.717) is 21.5 Å². The Morgan fingerprint density at radius 1 is 1.20 bits per heavy atom. The lowest BCUT2D eigenvalue weighted by atomic mass is 9.70. The molecule has 1 nitrogen and oxygen atoms in total. The van der Waals surface area contributed by atoms with Crippen molar-refractivity contribution in [2.75, 3.05) is 7.05 Å². The summed E-state index contributed by atoms with van der Waals surface area (Å²) in [6, 6.07) is 6.52. The van der Waals surface area contributed by atoms with E-state index in [-0.39, 0.29) is 0 Å². The number of rotatable bonds is 4. The van der Waals surface area contributed by atoms with Crippen LogP contribution < -0.4 is 5.32 Å². The minimum atomic E-state index is 0.526. The van der Waals surface area contributed by atoms with Crippen LogP contribution >= 0.6 is 23.2 Å². The van der Waals surface area contributed by atoms with E-state index in [0.717, 1.165) is 12.3 Å². The molecule has 0 amide bonds. The molecule has 1 unspecified atom stereocenters. The molecule has 1 atom stereocenters. The Bertz CT molecular complexity index is 446. The second kappa shape index (κ2) is 6.68. The highest BCUT2D eigenvalue weighted by molar-refractivity contribution is 6.42. The number of hydrogen-bond acceptors (Lipinski definition) is 1. The van der Waals surface area contributed by atoms with Crippen molar-refractivity contribution in [3.8, 4) is 0 Å². The monoisotopic (exact) mass is 313 g/mol. The second-order valence-corrected chi connectivity index (χ2v) is 7.66. The fraction of sp³-hybridized carbons (Fsp3) is 0.647. The minimum absolute atomic E-state index is 0.526. The van der Waals surface area contributed by atoms with Gasteiger partial charge in [0.05, 0.1) is 10.0 Å². The van der Waals surface area contributed by atoms with Gasteiger partial charge in [-0.3, -0.25) is 0 Å². The van der Waals surface area contributed by atoms with Crippen LogP contribution in [0.2, 0.25) is 10.0 Å². The van der Waals surface area contributed by atoms with Crippen LogP contribution in [0.4, 0.5) is 0 Å². The van der Waals surface area contributed by atoms with Gasteiger partial charge in [-0.05, 0) is 68.2 Å². The normalized spacial score (nSPS) is 20.9. The smallest absolute Gasteiger partial charge is 0.0595 e. The molecule has 0 saturated heterocycles. The van der Waals surface area contributed by atoms with Crippen molar-refractivity contribution >= 4 is 23.2 Å². The molecule has 0 heterocycles. The van der Waals surface area contributed by atoms with Crippen LogP contribution in [-0.2, 0) is 6.42 Å². The van der Waals surface area contributed by atoms with Gasteiger partial charge in [0, 0.05) is 6.04 Å². The predicted octanol–water partition coefficient (Wildman–Crippen LogP) is 5.34. The summed E-state index contributed by atoms with van der Waals surface area (Å²) >= 11 is 12.1. The van der Waals surface area contributed by atoms with E-state index in [1.54, 1.807) is 0 Å². The van der Waals surface area contributed by atoms with E-state index in [2.05, 4.69) is 32.3 Å². The van der Waals surface area contributed by atoms with Gasteiger partial charge in [0.15, 0.2) is 0 Å². The molecule has 1 saturated carbocycles. The maximum Gasteiger partial charge on any atom is 0.0595 e. The van der Waals surface area contributed by atoms with Gasteiger partial charge in [-0.2, -0.15) is 0 Å². The number of halogens is 2. The highest BCUT2D eigenvalue weighted by Gasteiger charge is 2.30. The standard InChI is InChI=1S/C17H25Cl2N/c1-17(2)8-6-13(7-9-17)16(20-3)11-12-4-5-14(18)15(19)10-12/h4-5,10,13,16,20H,6-9,11H2,1-3H3. The van der Waals surface area contributed by atoms with Crippen LogP contribution in [0.25, 0.3) is 0 Å². The summed E-state index contributed by atoms with van der Waals surface area (Å²) in [4.78, 5) is 0. The quantitative estimate of drug-likeness (QED) is 0.791. The number of nitrogens with one attached hydrogen (secondary N) is 1. The zero-order chi connectivity index (χ0) is 14.8. The molecule has 0 radical (unpaired) electrons. The van der Waals surface area contributed by atoms with Crippen LogP contribution in [0, 0.1) is 11.3 Å². The van der Waals surface area contributed by atoms with Gasteiger partial charge >= 0.3 is 0 Å². The summed E-state index contributed by atoms with van der Waals surface area (Å²) in [7, 11) is 2.07. The summed E-state index contributed by atoms with van der Waals surface area (Å²) in [6.45, 7) is 4.77. The summed E-state index contributed by atoms with van der Waals surface area (Å²) in [5, 5.41) is 4.80. The van der Waals surface area contributed by atoms with Gasteiger partial charge in [0.2, 0.25) is 0 Å². The lowest BCUT2D eigenvalue weighted by molar-refractivity contribution is 0.163. The molecule has 3 heteroatoms. The van der Waals surface area contributed by atoms with Crippen LogP contribution in [0.1, 0.15) is 45.1 Å². The molecule has 1 N–H and O–H groups in total. The second-order valence-electron chi connectivity index (χ2n) is 6.85. The van der Waals surface area contributed by atoms with Crippen molar-refractivity contribution in [3.63, 3.8) is 0 Å². The van der Waals surface area contributed by atoms with Gasteiger partial charge in [-0.1, -0.05) is 43.1 Å². The van der Waals surface area contributed by atoms with Crippen molar-refractivity contribution in [2.45, 2.75) is 52.0 Å². The Labute approximate surface area is 133 Å². The first-order valence-corrected chi connectivity index (χ1v) is 8.28. The third-order valence-electron chi connectivity index (χ3n) is 4.76. The van der Waals surface area contributed by atoms with E-state index in [9.17, 15) is 0 Å². The zero-order valence-corrected chi connectivity index (χ0v) is 14.2. The van der Waals surface area contributed by atoms with Gasteiger partial charge in [-0.25, -0.2) is 0 Å². The summed E-state index contributed by atoms with van der Waals surface area (Å²) in [6.07, 6.45) is 6.33. The van der Waals surface area contributed by atoms with Crippen LogP contribution in [-0.4, -0.2) is 13.1 Å². The highest BCUT2D eigenvalue weighted by Crippen LogP contribution is 2.39. The van der Waals surface area contributed by atoms with Gasteiger partial charge in [-0.15, -0.1) is 0 Å². The molecular formula is C17H25Cl2N. The molecule has 1 aliphatic rings. The molecule has 1 aromatic rings. The molecule has 20 heavy (non-hydrogen) atoms. The summed E-state index contributed by atoms with van der Waals surface area (Å²) in [5.74, 6) is 0.766. The molecular weight excluding hydrogens is 289 g/mol.